The van der Waals surface area contributed by atoms with E-state index in [2.05, 4.69) is 291 Å². The lowest BCUT2D eigenvalue weighted by Crippen LogP contribution is -2.12. The molecule has 0 aliphatic heterocycles. The van der Waals surface area contributed by atoms with E-state index >= 15 is 0 Å². The number of hydrogen-bond acceptors (Lipinski definition) is 2. The maximum atomic E-state index is 2.50. The molecule has 13 aromatic carbocycles. The molecule has 15 rings (SSSR count). The molecule has 0 unspecified atom stereocenters. The molecule has 86 heavy (non-hydrogen) atoms. The highest BCUT2D eigenvalue weighted by molar-refractivity contribution is 6.45. The fourth-order valence-electron chi connectivity index (χ4n) is 14.1. The Morgan fingerprint density at radius 2 is 0.512 bits per heavy atom. The standard InChI is InChI=1S/C84H70N2/c1-57-27-47-67(48-28-57)85(69-51-43-61(44-52-69)33-31-59-35-39-65(40-36-59)55-63-15-5-3-6-16-63)83-73-21-11-9-19-71(73)79-76-24-14-26-78-82(76)80(75-23-13-25-77(83)81(75)79)72-20-10-12-22-74(72)84(78)86(68-49-29-58(2)30-50-68)70-53-45-62(46-54-70)34-32-60-37-41-66(42-38-60)56-64-17-7-4-8-18-64/h9-14,19-56H,3-8,15-18H2,1-2H3/b33-31+,34-32+. The second kappa shape index (κ2) is 23.0. The van der Waals surface area contributed by atoms with Crippen LogP contribution in [0.4, 0.5) is 34.1 Å². The second-order valence-electron chi connectivity index (χ2n) is 24.2. The highest BCUT2D eigenvalue weighted by Gasteiger charge is 2.28. The lowest BCUT2D eigenvalue weighted by Gasteiger charge is -2.31. The third kappa shape index (κ3) is 10.1. The molecule has 2 aliphatic carbocycles. The molecular weight excluding hydrogens is 1040 g/mol. The van der Waals surface area contributed by atoms with Gasteiger partial charge in [0.1, 0.15) is 0 Å². The summed E-state index contributed by atoms with van der Waals surface area (Å²) < 4.78 is 0. The molecule has 0 atom stereocenters. The SMILES string of the molecule is Cc1ccc(N(c2ccc(/C=C/c3ccc(C=C4CCCCC4)cc3)cc2)c2c3ccccc3c3c4cccc5c(N(c6ccc(C)cc6)c6ccc(/C=C/c7ccc(C=C8CCCCC8)cc7)cc6)c6ccccc6c(c6cccc2c63)c54)cc1. The van der Waals surface area contributed by atoms with E-state index < -0.39 is 0 Å². The summed E-state index contributed by atoms with van der Waals surface area (Å²) in [7, 11) is 0. The van der Waals surface area contributed by atoms with E-state index in [-0.39, 0.29) is 0 Å². The van der Waals surface area contributed by atoms with Gasteiger partial charge in [-0.25, -0.2) is 0 Å². The number of aryl methyl sites for hydroxylation is 2. The van der Waals surface area contributed by atoms with Crippen molar-refractivity contribution in [3.05, 3.63) is 286 Å². The van der Waals surface area contributed by atoms with Crippen molar-refractivity contribution < 1.29 is 0 Å². The van der Waals surface area contributed by atoms with Gasteiger partial charge in [-0.3, -0.25) is 0 Å². The van der Waals surface area contributed by atoms with Crippen LogP contribution in [0.3, 0.4) is 0 Å². The van der Waals surface area contributed by atoms with Crippen LogP contribution in [0.1, 0.15) is 109 Å². The van der Waals surface area contributed by atoms with Gasteiger partial charge in [0, 0.05) is 55.1 Å². The lowest BCUT2D eigenvalue weighted by molar-refractivity contribution is 0.602. The van der Waals surface area contributed by atoms with Crippen molar-refractivity contribution >= 4 is 135 Å². The highest BCUT2D eigenvalue weighted by atomic mass is 15.2. The third-order valence-electron chi connectivity index (χ3n) is 18.5. The molecule has 0 radical (unpaired) electrons. The number of fused-ring (bicyclic) bond motifs is 6. The first kappa shape index (κ1) is 53.0. The molecule has 2 fully saturated rings. The van der Waals surface area contributed by atoms with Crippen molar-refractivity contribution in [2.75, 3.05) is 9.80 Å². The minimum Gasteiger partial charge on any atom is -0.309 e. The van der Waals surface area contributed by atoms with E-state index in [0.29, 0.717) is 0 Å². The van der Waals surface area contributed by atoms with Crippen LogP contribution in [0.15, 0.2) is 242 Å². The molecule has 2 heteroatoms. The predicted octanol–water partition coefficient (Wildman–Crippen LogP) is 24.6. The molecule has 2 saturated carbocycles. The van der Waals surface area contributed by atoms with Crippen molar-refractivity contribution in [1.82, 2.24) is 0 Å². The molecule has 0 amide bonds. The highest BCUT2D eigenvalue weighted by Crippen LogP contribution is 2.55. The summed E-state index contributed by atoms with van der Waals surface area (Å²) in [4.78, 5) is 5.01. The second-order valence-corrected chi connectivity index (χ2v) is 24.2. The summed E-state index contributed by atoms with van der Waals surface area (Å²) in [6, 6.07) is 86.8. The van der Waals surface area contributed by atoms with E-state index in [4.69, 9.17) is 0 Å². The lowest BCUT2D eigenvalue weighted by atomic mass is 9.83. The molecule has 13 aromatic rings. The molecule has 2 nitrogen and oxygen atoms in total. The van der Waals surface area contributed by atoms with Crippen molar-refractivity contribution in [3.63, 3.8) is 0 Å². The van der Waals surface area contributed by atoms with E-state index in [9.17, 15) is 0 Å². The van der Waals surface area contributed by atoms with Gasteiger partial charge in [0.15, 0.2) is 0 Å². The Morgan fingerprint density at radius 1 is 0.244 bits per heavy atom. The average molecular weight is 1110 g/mol. The monoisotopic (exact) mass is 1110 g/mol. The summed E-state index contributed by atoms with van der Waals surface area (Å²) >= 11 is 0. The van der Waals surface area contributed by atoms with Gasteiger partial charge < -0.3 is 9.80 Å². The molecule has 0 bridgehead atoms. The molecule has 416 valence electrons. The van der Waals surface area contributed by atoms with E-state index in [1.807, 2.05) is 0 Å². The van der Waals surface area contributed by atoms with Crippen molar-refractivity contribution in [1.29, 1.82) is 0 Å². The maximum Gasteiger partial charge on any atom is 0.0619 e. The Balaban J connectivity index is 0.863. The largest absolute Gasteiger partial charge is 0.309 e. The Bertz CT molecular complexity index is 4440. The fourth-order valence-corrected chi connectivity index (χ4v) is 14.1. The van der Waals surface area contributed by atoms with Gasteiger partial charge in [-0.15, -0.1) is 0 Å². The Labute approximate surface area is 506 Å². The normalized spacial score (nSPS) is 14.0. The zero-order valence-corrected chi connectivity index (χ0v) is 49.4. The zero-order chi connectivity index (χ0) is 57.5. The number of rotatable bonds is 12. The Morgan fingerprint density at radius 3 is 0.860 bits per heavy atom. The van der Waals surface area contributed by atoms with Crippen molar-refractivity contribution in [2.24, 2.45) is 0 Å². The fraction of sp³-hybridized carbons (Fsp3) is 0.143. The van der Waals surface area contributed by atoms with Gasteiger partial charge in [0.2, 0.25) is 0 Å². The number of hydrogen-bond donors (Lipinski definition) is 0. The molecule has 0 saturated heterocycles. The molecule has 0 spiro atoms. The van der Waals surface area contributed by atoms with Crippen LogP contribution in [0.5, 0.6) is 0 Å². The van der Waals surface area contributed by atoms with Crippen molar-refractivity contribution in [3.8, 4) is 0 Å². The number of anilines is 6. The quantitative estimate of drug-likeness (QED) is 0.0683. The zero-order valence-electron chi connectivity index (χ0n) is 49.4. The van der Waals surface area contributed by atoms with Gasteiger partial charge in [-0.2, -0.15) is 0 Å². The predicted molar refractivity (Wildman–Crippen MR) is 374 cm³/mol. The van der Waals surface area contributed by atoms with Crippen LogP contribution in [-0.4, -0.2) is 0 Å². The first-order valence-corrected chi connectivity index (χ1v) is 31.3. The number of allylic oxidation sites excluding steroid dienone is 2. The van der Waals surface area contributed by atoms with Crippen LogP contribution >= 0.6 is 0 Å². The van der Waals surface area contributed by atoms with E-state index in [1.54, 1.807) is 11.1 Å². The minimum atomic E-state index is 1.11. The topological polar surface area (TPSA) is 6.48 Å². The van der Waals surface area contributed by atoms with Crippen LogP contribution in [0.2, 0.25) is 0 Å². The van der Waals surface area contributed by atoms with Crippen LogP contribution in [0, 0.1) is 13.8 Å². The van der Waals surface area contributed by atoms with Crippen LogP contribution in [0.25, 0.3) is 101 Å². The van der Waals surface area contributed by atoms with Crippen molar-refractivity contribution in [2.45, 2.75) is 78.1 Å². The molecular formula is C84H70N2. The number of nitrogens with zero attached hydrogens (tertiary/aromatic N) is 2. The average Bonchev–Trinajstić information content (AvgIpc) is 0.922. The van der Waals surface area contributed by atoms with E-state index in [1.165, 1.54) is 174 Å². The van der Waals surface area contributed by atoms with Gasteiger partial charge in [0.05, 0.1) is 11.4 Å². The molecule has 0 aromatic heterocycles. The van der Waals surface area contributed by atoms with Gasteiger partial charge in [-0.05, 0) is 179 Å². The van der Waals surface area contributed by atoms with Gasteiger partial charge >= 0.3 is 0 Å². The number of benzene rings is 13. The Hall–Kier alpha value is -9.76. The summed E-state index contributed by atoms with van der Waals surface area (Å²) in [6.07, 6.45) is 26.7. The van der Waals surface area contributed by atoms with Gasteiger partial charge in [0.25, 0.3) is 0 Å². The molecule has 2 aliphatic rings. The first-order valence-electron chi connectivity index (χ1n) is 31.3. The first-order chi connectivity index (χ1) is 42.5. The van der Waals surface area contributed by atoms with Crippen LogP contribution < -0.4 is 9.80 Å². The molecule has 0 N–H and O–H groups in total. The minimum absolute atomic E-state index is 1.11. The smallest absolute Gasteiger partial charge is 0.0619 e. The summed E-state index contributed by atoms with van der Waals surface area (Å²) in [5, 5.41) is 15.0. The van der Waals surface area contributed by atoms with Gasteiger partial charge in [-0.1, -0.05) is 254 Å². The van der Waals surface area contributed by atoms with Crippen LogP contribution in [-0.2, 0) is 0 Å². The molecule has 0 heterocycles. The third-order valence-corrected chi connectivity index (χ3v) is 18.5. The van der Waals surface area contributed by atoms with E-state index in [0.717, 1.165) is 33.9 Å². The Kier molecular flexibility index (Phi) is 14.2. The summed E-state index contributed by atoms with van der Waals surface area (Å²) in [6.45, 7) is 4.35. The summed E-state index contributed by atoms with van der Waals surface area (Å²) in [5.74, 6) is 0. The summed E-state index contributed by atoms with van der Waals surface area (Å²) in [5.41, 5.74) is 19.8. The maximum absolute atomic E-state index is 2.50.